The molecule has 0 unspecified atom stereocenters. The molecule has 96 valence electrons. The number of hydrogen-bond donors (Lipinski definition) is 2. The first-order chi connectivity index (χ1) is 8.38. The Balaban J connectivity index is 2.33. The summed E-state index contributed by atoms with van der Waals surface area (Å²) < 4.78 is 26.9. The molecule has 0 spiro atoms. The summed E-state index contributed by atoms with van der Waals surface area (Å²) in [6.45, 7) is 3.56. The van der Waals surface area contributed by atoms with Gasteiger partial charge in [0.15, 0.2) is 9.34 Å². The zero-order chi connectivity index (χ0) is 13.3. The van der Waals surface area contributed by atoms with Gasteiger partial charge in [-0.2, -0.15) is 0 Å². The topological polar surface area (TPSA) is 85.1 Å². The van der Waals surface area contributed by atoms with E-state index in [4.69, 9.17) is 5.73 Å². The molecular weight excluding hydrogens is 270 g/mol. The van der Waals surface area contributed by atoms with Crippen LogP contribution in [-0.2, 0) is 10.0 Å². The molecule has 1 heterocycles. The third-order valence-corrected chi connectivity index (χ3v) is 5.30. The number of nitrogens with one attached hydrogen (secondary N) is 1. The number of nitrogens with two attached hydrogens (primary N) is 1. The highest BCUT2D eigenvalue weighted by atomic mass is 32.2. The van der Waals surface area contributed by atoms with E-state index >= 15 is 0 Å². The van der Waals surface area contributed by atoms with Gasteiger partial charge in [0.25, 0.3) is 10.0 Å². The summed E-state index contributed by atoms with van der Waals surface area (Å²) in [5, 5.41) is 0.247. The van der Waals surface area contributed by atoms with Crippen molar-refractivity contribution in [3.8, 4) is 0 Å². The number of rotatable bonds is 3. The fraction of sp³-hybridized carbons (Fsp3) is 0.182. The summed E-state index contributed by atoms with van der Waals surface area (Å²) in [4.78, 5) is 3.91. The van der Waals surface area contributed by atoms with Crippen molar-refractivity contribution in [2.75, 3.05) is 10.5 Å². The van der Waals surface area contributed by atoms with E-state index < -0.39 is 10.0 Å². The lowest BCUT2D eigenvalue weighted by atomic mass is 10.2. The van der Waals surface area contributed by atoms with E-state index in [0.29, 0.717) is 11.4 Å². The quantitative estimate of drug-likeness (QED) is 0.903. The molecule has 0 aliphatic heterocycles. The molecule has 7 heteroatoms. The zero-order valence-electron chi connectivity index (χ0n) is 9.97. The lowest BCUT2D eigenvalue weighted by Crippen LogP contribution is -2.12. The molecule has 0 aliphatic rings. The van der Waals surface area contributed by atoms with Crippen molar-refractivity contribution in [2.45, 2.75) is 18.1 Å². The van der Waals surface area contributed by atoms with E-state index in [0.717, 1.165) is 16.9 Å². The van der Waals surface area contributed by atoms with Crippen LogP contribution in [-0.4, -0.2) is 13.4 Å². The summed E-state index contributed by atoms with van der Waals surface area (Å²) in [5.74, 6) is 0. The molecule has 0 saturated carbocycles. The van der Waals surface area contributed by atoms with Crippen molar-refractivity contribution in [2.24, 2.45) is 0 Å². The molecule has 1 aromatic carbocycles. The monoisotopic (exact) mass is 283 g/mol. The Hall–Kier alpha value is -1.60. The minimum Gasteiger partial charge on any atom is -0.375 e. The molecule has 5 nitrogen and oxygen atoms in total. The Morgan fingerprint density at radius 2 is 1.83 bits per heavy atom. The number of nitrogens with zero attached hydrogens (tertiary/aromatic N) is 1. The van der Waals surface area contributed by atoms with Crippen molar-refractivity contribution < 1.29 is 8.42 Å². The molecule has 3 N–H and O–H groups in total. The van der Waals surface area contributed by atoms with Crippen LogP contribution < -0.4 is 10.5 Å². The fourth-order valence-electron chi connectivity index (χ4n) is 1.47. The van der Waals surface area contributed by atoms with Gasteiger partial charge in [0.2, 0.25) is 0 Å². The predicted molar refractivity (Wildman–Crippen MR) is 73.3 cm³/mol. The molecule has 2 rings (SSSR count). The molecule has 0 amide bonds. The summed E-state index contributed by atoms with van der Waals surface area (Å²) >= 11 is 0.960. The van der Waals surface area contributed by atoms with Crippen LogP contribution >= 0.6 is 11.3 Å². The van der Waals surface area contributed by atoms with Gasteiger partial charge in [0.1, 0.15) is 0 Å². The Morgan fingerprint density at radius 3 is 2.33 bits per heavy atom. The Kier molecular flexibility index (Phi) is 3.27. The highest BCUT2D eigenvalue weighted by Crippen LogP contribution is 2.26. The van der Waals surface area contributed by atoms with Crippen molar-refractivity contribution in [1.82, 2.24) is 4.98 Å². The second kappa shape index (κ2) is 4.58. The second-order valence-corrected chi connectivity index (χ2v) is 6.80. The third-order valence-electron chi connectivity index (χ3n) is 2.32. The number of benzene rings is 1. The lowest BCUT2D eigenvalue weighted by molar-refractivity contribution is 0.602. The van der Waals surface area contributed by atoms with Gasteiger partial charge in [-0.1, -0.05) is 29.0 Å². The first-order valence-electron chi connectivity index (χ1n) is 5.21. The van der Waals surface area contributed by atoms with Crippen LogP contribution in [0, 0.1) is 13.8 Å². The van der Waals surface area contributed by atoms with Gasteiger partial charge < -0.3 is 5.73 Å². The first kappa shape index (κ1) is 12.8. The molecule has 2 aromatic rings. The molecule has 0 saturated heterocycles. The van der Waals surface area contributed by atoms with Crippen LogP contribution in [0.3, 0.4) is 0 Å². The molecule has 1 aromatic heterocycles. The summed E-state index contributed by atoms with van der Waals surface area (Å²) in [6.07, 6.45) is 0. The summed E-state index contributed by atoms with van der Waals surface area (Å²) in [6, 6.07) is 7.11. The van der Waals surface area contributed by atoms with Crippen molar-refractivity contribution in [3.05, 3.63) is 35.5 Å². The van der Waals surface area contributed by atoms with E-state index in [1.165, 1.54) is 0 Å². The normalized spacial score (nSPS) is 11.4. The summed E-state index contributed by atoms with van der Waals surface area (Å²) in [5.41, 5.74) is 7.50. The van der Waals surface area contributed by atoms with Gasteiger partial charge in [0, 0.05) is 5.69 Å². The van der Waals surface area contributed by atoms with E-state index in [-0.39, 0.29) is 9.34 Å². The average molecular weight is 283 g/mol. The van der Waals surface area contributed by atoms with Crippen LogP contribution in [0.1, 0.15) is 11.3 Å². The van der Waals surface area contributed by atoms with Crippen LogP contribution in [0.25, 0.3) is 0 Å². The molecule has 0 atom stereocenters. The Labute approximate surface area is 110 Å². The van der Waals surface area contributed by atoms with Crippen molar-refractivity contribution in [3.63, 3.8) is 0 Å². The number of hydrogen-bond acceptors (Lipinski definition) is 5. The van der Waals surface area contributed by atoms with Gasteiger partial charge in [-0.05, 0) is 26.0 Å². The van der Waals surface area contributed by atoms with Gasteiger partial charge in [-0.3, -0.25) is 4.72 Å². The molecule has 0 fully saturated rings. The summed E-state index contributed by atoms with van der Waals surface area (Å²) in [7, 11) is -3.61. The molecule has 0 radical (unpaired) electrons. The molecular formula is C11H13N3O2S2. The SMILES string of the molecule is Cc1ccc(NS(=O)(=O)c2sc(N)nc2C)cc1. The molecule has 0 bridgehead atoms. The highest BCUT2D eigenvalue weighted by molar-refractivity contribution is 7.94. The Morgan fingerprint density at radius 1 is 1.22 bits per heavy atom. The van der Waals surface area contributed by atoms with Crippen LogP contribution in [0.2, 0.25) is 0 Å². The number of nitrogen functional groups attached to an aromatic ring is 1. The molecule has 0 aliphatic carbocycles. The zero-order valence-corrected chi connectivity index (χ0v) is 11.6. The van der Waals surface area contributed by atoms with Gasteiger partial charge >= 0.3 is 0 Å². The van der Waals surface area contributed by atoms with E-state index in [1.54, 1.807) is 19.1 Å². The number of aromatic nitrogens is 1. The number of sulfonamides is 1. The number of anilines is 2. The average Bonchev–Trinajstić information content (AvgIpc) is 2.62. The highest BCUT2D eigenvalue weighted by Gasteiger charge is 2.21. The van der Waals surface area contributed by atoms with E-state index in [2.05, 4.69) is 9.71 Å². The first-order valence-corrected chi connectivity index (χ1v) is 7.51. The number of thiazole rings is 1. The standard InChI is InChI=1S/C11H13N3O2S2/c1-7-3-5-9(6-4-7)14-18(15,16)10-8(2)13-11(12)17-10/h3-6,14H,1-2H3,(H2,12,13). The van der Waals surface area contributed by atoms with E-state index in [1.807, 2.05) is 19.1 Å². The van der Waals surface area contributed by atoms with Gasteiger partial charge in [-0.25, -0.2) is 13.4 Å². The van der Waals surface area contributed by atoms with Crippen LogP contribution in [0.5, 0.6) is 0 Å². The minimum absolute atomic E-state index is 0.153. The fourth-order valence-corrected chi connectivity index (χ4v) is 3.83. The number of aryl methyl sites for hydroxylation is 2. The van der Waals surface area contributed by atoms with Crippen molar-refractivity contribution in [1.29, 1.82) is 0 Å². The molecule has 18 heavy (non-hydrogen) atoms. The minimum atomic E-state index is -3.61. The smallest absolute Gasteiger partial charge is 0.273 e. The maximum atomic E-state index is 12.1. The van der Waals surface area contributed by atoms with Gasteiger partial charge in [-0.15, -0.1) is 0 Å². The largest absolute Gasteiger partial charge is 0.375 e. The van der Waals surface area contributed by atoms with E-state index in [9.17, 15) is 8.42 Å². The predicted octanol–water partition coefficient (Wildman–Crippen LogP) is 2.14. The second-order valence-electron chi connectivity index (χ2n) is 3.90. The maximum absolute atomic E-state index is 12.1. The van der Waals surface area contributed by atoms with Crippen LogP contribution in [0.15, 0.2) is 28.5 Å². The Bertz CT molecular complexity index is 660. The van der Waals surface area contributed by atoms with Crippen LogP contribution in [0.4, 0.5) is 10.8 Å². The van der Waals surface area contributed by atoms with Gasteiger partial charge in [0.05, 0.1) is 5.69 Å². The lowest BCUT2D eigenvalue weighted by Gasteiger charge is -2.06. The van der Waals surface area contributed by atoms with Crippen molar-refractivity contribution >= 4 is 32.2 Å². The maximum Gasteiger partial charge on any atom is 0.273 e. The third kappa shape index (κ3) is 2.62.